The summed E-state index contributed by atoms with van der Waals surface area (Å²) in [6, 6.07) is 9.13. The van der Waals surface area contributed by atoms with Crippen molar-refractivity contribution in [2.45, 2.75) is 0 Å². The molecule has 0 saturated heterocycles. The van der Waals surface area contributed by atoms with Crippen LogP contribution in [-0.2, 0) is 4.74 Å². The van der Waals surface area contributed by atoms with Crippen LogP contribution in [0.15, 0.2) is 42.6 Å². The summed E-state index contributed by atoms with van der Waals surface area (Å²) in [5, 5.41) is 14.9. The number of esters is 1. The average Bonchev–Trinajstić information content (AvgIpc) is 2.98. The van der Waals surface area contributed by atoms with Crippen LogP contribution >= 0.6 is 0 Å². The number of benzene rings is 1. The molecule has 0 aliphatic rings. The molecule has 0 unspecified atom stereocenters. The van der Waals surface area contributed by atoms with Crippen LogP contribution in [0.1, 0.15) is 10.4 Å². The van der Waals surface area contributed by atoms with Crippen molar-refractivity contribution in [1.82, 2.24) is 14.6 Å². The molecule has 0 fully saturated rings. The number of pyridine rings is 1. The topological polar surface area (TPSA) is 99.6 Å². The summed E-state index contributed by atoms with van der Waals surface area (Å²) in [5.41, 5.74) is 1.27. The van der Waals surface area contributed by atoms with Gasteiger partial charge in [-0.05, 0) is 24.3 Å². The van der Waals surface area contributed by atoms with Gasteiger partial charge in [0.25, 0.3) is 5.69 Å². The van der Waals surface area contributed by atoms with E-state index >= 15 is 0 Å². The Hall–Kier alpha value is -3.29. The molecule has 2 heterocycles. The molecule has 2 aromatic heterocycles. The summed E-state index contributed by atoms with van der Waals surface area (Å²) in [7, 11) is 1.29. The van der Waals surface area contributed by atoms with Crippen molar-refractivity contribution in [2.75, 3.05) is 7.11 Å². The third kappa shape index (κ3) is 2.26. The molecule has 0 bridgehead atoms. The van der Waals surface area contributed by atoms with Crippen LogP contribution in [0.3, 0.4) is 0 Å². The number of methoxy groups -OCH3 is 1. The van der Waals surface area contributed by atoms with Gasteiger partial charge in [-0.3, -0.25) is 10.1 Å². The van der Waals surface area contributed by atoms with E-state index in [1.165, 1.54) is 23.8 Å². The predicted molar refractivity (Wildman–Crippen MR) is 76.4 cm³/mol. The molecule has 0 saturated carbocycles. The maximum absolute atomic E-state index is 11.7. The molecule has 3 rings (SSSR count). The highest BCUT2D eigenvalue weighted by molar-refractivity contribution is 5.95. The summed E-state index contributed by atoms with van der Waals surface area (Å²) >= 11 is 0. The van der Waals surface area contributed by atoms with E-state index in [-0.39, 0.29) is 5.69 Å². The van der Waals surface area contributed by atoms with Crippen molar-refractivity contribution in [3.8, 4) is 11.4 Å². The molecule has 22 heavy (non-hydrogen) atoms. The van der Waals surface area contributed by atoms with Gasteiger partial charge in [-0.2, -0.15) is 0 Å². The summed E-state index contributed by atoms with van der Waals surface area (Å²) in [4.78, 5) is 26.2. The summed E-state index contributed by atoms with van der Waals surface area (Å²) in [6.45, 7) is 0. The zero-order valence-electron chi connectivity index (χ0n) is 11.5. The molecular weight excluding hydrogens is 288 g/mol. The van der Waals surface area contributed by atoms with Crippen LogP contribution in [0, 0.1) is 10.1 Å². The number of ether oxygens (including phenoxy) is 1. The first kappa shape index (κ1) is 13.7. The lowest BCUT2D eigenvalue weighted by molar-refractivity contribution is -0.384. The molecule has 1 aromatic carbocycles. The Morgan fingerprint density at radius 3 is 2.64 bits per heavy atom. The number of fused-ring (bicyclic) bond motifs is 1. The number of carbonyl (C=O) groups excluding carboxylic acids is 1. The van der Waals surface area contributed by atoms with E-state index in [0.29, 0.717) is 22.6 Å². The van der Waals surface area contributed by atoms with Gasteiger partial charge in [0.2, 0.25) is 0 Å². The molecule has 0 aliphatic heterocycles. The second-order valence-corrected chi connectivity index (χ2v) is 4.42. The number of aromatic nitrogens is 3. The molecule has 3 aromatic rings. The summed E-state index contributed by atoms with van der Waals surface area (Å²) in [6.07, 6.45) is 1.66. The van der Waals surface area contributed by atoms with Gasteiger partial charge in [0.15, 0.2) is 11.5 Å². The van der Waals surface area contributed by atoms with Crippen molar-refractivity contribution in [2.24, 2.45) is 0 Å². The number of hydrogen-bond acceptors (Lipinski definition) is 6. The van der Waals surface area contributed by atoms with Crippen LogP contribution in [0.4, 0.5) is 5.69 Å². The second-order valence-electron chi connectivity index (χ2n) is 4.42. The predicted octanol–water partition coefficient (Wildman–Crippen LogP) is 2.09. The van der Waals surface area contributed by atoms with Gasteiger partial charge in [-0.1, -0.05) is 0 Å². The molecule has 0 aliphatic carbocycles. The first-order chi connectivity index (χ1) is 10.6. The Labute approximate surface area is 124 Å². The molecule has 8 heteroatoms. The fourth-order valence-corrected chi connectivity index (χ4v) is 2.03. The van der Waals surface area contributed by atoms with Crippen LogP contribution in [-0.4, -0.2) is 32.6 Å². The first-order valence-electron chi connectivity index (χ1n) is 6.28. The van der Waals surface area contributed by atoms with Crippen LogP contribution in [0.2, 0.25) is 0 Å². The molecule has 0 N–H and O–H groups in total. The number of rotatable bonds is 3. The van der Waals surface area contributed by atoms with Gasteiger partial charge >= 0.3 is 5.97 Å². The van der Waals surface area contributed by atoms with Gasteiger partial charge in [0, 0.05) is 23.9 Å². The quantitative estimate of drug-likeness (QED) is 0.417. The molecular formula is C14H10N4O4. The average molecular weight is 298 g/mol. The lowest BCUT2D eigenvalue weighted by Gasteiger charge is -1.99. The SMILES string of the molecule is COC(=O)c1cccn2nc(-c3ccc([N+](=O)[O-])cc3)nc12. The number of non-ortho nitro benzene ring substituents is 1. The van der Waals surface area contributed by atoms with E-state index in [4.69, 9.17) is 4.74 Å². The Bertz CT molecular complexity index is 870. The van der Waals surface area contributed by atoms with Crippen molar-refractivity contribution in [1.29, 1.82) is 0 Å². The molecule has 0 spiro atoms. The maximum Gasteiger partial charge on any atom is 0.341 e. The summed E-state index contributed by atoms with van der Waals surface area (Å²) in [5.74, 6) is -0.139. The fourth-order valence-electron chi connectivity index (χ4n) is 2.03. The van der Waals surface area contributed by atoms with Crippen molar-refractivity contribution in [3.05, 3.63) is 58.3 Å². The highest BCUT2D eigenvalue weighted by Gasteiger charge is 2.15. The maximum atomic E-state index is 11.7. The second kappa shape index (κ2) is 5.24. The minimum Gasteiger partial charge on any atom is -0.465 e. The number of hydrogen-bond donors (Lipinski definition) is 0. The number of nitrogens with zero attached hydrogens (tertiary/aromatic N) is 4. The van der Waals surface area contributed by atoms with E-state index < -0.39 is 10.9 Å². The van der Waals surface area contributed by atoms with Gasteiger partial charge in [-0.15, -0.1) is 5.10 Å². The first-order valence-corrected chi connectivity index (χ1v) is 6.28. The standard InChI is InChI=1S/C14H10N4O4/c1-22-14(19)11-3-2-8-17-13(11)15-12(16-17)9-4-6-10(7-5-9)18(20)21/h2-8H,1H3. The van der Waals surface area contributed by atoms with E-state index in [9.17, 15) is 14.9 Å². The fraction of sp³-hybridized carbons (Fsp3) is 0.0714. The molecule has 8 nitrogen and oxygen atoms in total. The Morgan fingerprint density at radius 1 is 1.27 bits per heavy atom. The lowest BCUT2D eigenvalue weighted by Crippen LogP contribution is -2.04. The number of carbonyl (C=O) groups is 1. The van der Waals surface area contributed by atoms with Gasteiger partial charge in [0.05, 0.1) is 12.0 Å². The Morgan fingerprint density at radius 2 is 2.00 bits per heavy atom. The van der Waals surface area contributed by atoms with Crippen molar-refractivity contribution in [3.63, 3.8) is 0 Å². The third-order valence-corrected chi connectivity index (χ3v) is 3.10. The van der Waals surface area contributed by atoms with Crippen molar-refractivity contribution >= 4 is 17.3 Å². The zero-order chi connectivity index (χ0) is 15.7. The monoisotopic (exact) mass is 298 g/mol. The van der Waals surface area contributed by atoms with Crippen LogP contribution < -0.4 is 0 Å². The molecule has 0 radical (unpaired) electrons. The summed E-state index contributed by atoms with van der Waals surface area (Å²) < 4.78 is 6.17. The lowest BCUT2D eigenvalue weighted by atomic mass is 10.2. The molecule has 110 valence electrons. The van der Waals surface area contributed by atoms with Crippen LogP contribution in [0.25, 0.3) is 17.0 Å². The Kier molecular flexibility index (Phi) is 3.26. The van der Waals surface area contributed by atoms with Crippen LogP contribution in [0.5, 0.6) is 0 Å². The van der Waals surface area contributed by atoms with Gasteiger partial charge in [0.1, 0.15) is 5.56 Å². The minimum absolute atomic E-state index is 0.0113. The smallest absolute Gasteiger partial charge is 0.341 e. The molecule has 0 amide bonds. The van der Waals surface area contributed by atoms with E-state index in [2.05, 4.69) is 10.1 Å². The largest absolute Gasteiger partial charge is 0.465 e. The third-order valence-electron chi connectivity index (χ3n) is 3.10. The van der Waals surface area contributed by atoms with E-state index in [0.717, 1.165) is 0 Å². The van der Waals surface area contributed by atoms with Crippen molar-refractivity contribution < 1.29 is 14.5 Å². The van der Waals surface area contributed by atoms with E-state index in [1.807, 2.05) is 0 Å². The van der Waals surface area contributed by atoms with Gasteiger partial charge in [-0.25, -0.2) is 14.3 Å². The Balaban J connectivity index is 2.08. The van der Waals surface area contributed by atoms with Gasteiger partial charge < -0.3 is 4.74 Å². The normalized spacial score (nSPS) is 10.6. The number of nitro benzene ring substituents is 1. The number of nitro groups is 1. The zero-order valence-corrected chi connectivity index (χ0v) is 11.5. The van der Waals surface area contributed by atoms with E-state index in [1.54, 1.807) is 30.5 Å². The molecule has 0 atom stereocenters. The highest BCUT2D eigenvalue weighted by Crippen LogP contribution is 2.21. The highest BCUT2D eigenvalue weighted by atomic mass is 16.6. The minimum atomic E-state index is -0.506.